The maximum Gasteiger partial charge on any atom is 0.243 e. The van der Waals surface area contributed by atoms with E-state index in [-0.39, 0.29) is 23.1 Å². The fourth-order valence-corrected chi connectivity index (χ4v) is 5.61. The van der Waals surface area contributed by atoms with Crippen LogP contribution in [-0.2, 0) is 19.6 Å². The first-order valence-corrected chi connectivity index (χ1v) is 11.8. The van der Waals surface area contributed by atoms with Gasteiger partial charge in [-0.25, -0.2) is 8.42 Å². The number of fused-ring (bicyclic) bond motifs is 1. The van der Waals surface area contributed by atoms with Crippen LogP contribution in [0.2, 0.25) is 0 Å². The van der Waals surface area contributed by atoms with Gasteiger partial charge in [0, 0.05) is 31.9 Å². The van der Waals surface area contributed by atoms with Gasteiger partial charge in [-0.05, 0) is 54.3 Å². The van der Waals surface area contributed by atoms with E-state index in [0.29, 0.717) is 18.8 Å². The monoisotopic (exact) mass is 439 g/mol. The number of amides is 2. The lowest BCUT2D eigenvalue weighted by Gasteiger charge is -2.32. The van der Waals surface area contributed by atoms with Crippen LogP contribution >= 0.6 is 0 Å². The minimum atomic E-state index is -3.49. The third kappa shape index (κ3) is 4.40. The Balaban J connectivity index is 1.47. The van der Waals surface area contributed by atoms with E-state index < -0.39 is 16.1 Å². The summed E-state index contributed by atoms with van der Waals surface area (Å²) in [7, 11) is -3.49. The first-order chi connectivity index (χ1) is 14.9. The highest BCUT2D eigenvalue weighted by atomic mass is 32.2. The van der Waals surface area contributed by atoms with E-state index in [1.54, 1.807) is 23.2 Å². The molecule has 2 heterocycles. The highest BCUT2D eigenvalue weighted by molar-refractivity contribution is 7.89. The van der Waals surface area contributed by atoms with E-state index in [9.17, 15) is 18.0 Å². The Labute approximate surface area is 182 Å². The normalized spacial score (nSPS) is 18.6. The van der Waals surface area contributed by atoms with Gasteiger partial charge in [0.05, 0.1) is 17.4 Å². The van der Waals surface area contributed by atoms with Crippen LogP contribution in [0.3, 0.4) is 0 Å². The molecule has 8 heteroatoms. The number of anilines is 1. The van der Waals surface area contributed by atoms with Gasteiger partial charge < -0.3 is 10.2 Å². The molecule has 162 valence electrons. The molecule has 0 saturated carbocycles. The molecule has 0 bridgehead atoms. The lowest BCUT2D eigenvalue weighted by Crippen LogP contribution is -2.33. The number of hydrogen-bond donors (Lipinski definition) is 1. The van der Waals surface area contributed by atoms with Crippen molar-refractivity contribution >= 4 is 33.6 Å². The predicted molar refractivity (Wildman–Crippen MR) is 118 cm³/mol. The molecule has 2 aromatic carbocycles. The molecule has 1 saturated heterocycles. The quantitative estimate of drug-likeness (QED) is 0.774. The van der Waals surface area contributed by atoms with Crippen molar-refractivity contribution in [3.8, 4) is 0 Å². The van der Waals surface area contributed by atoms with E-state index >= 15 is 0 Å². The van der Waals surface area contributed by atoms with E-state index in [2.05, 4.69) is 5.32 Å². The third-order valence-corrected chi connectivity index (χ3v) is 7.60. The van der Waals surface area contributed by atoms with E-state index in [1.165, 1.54) is 23.4 Å². The second kappa shape index (κ2) is 8.64. The van der Waals surface area contributed by atoms with E-state index in [1.807, 2.05) is 30.3 Å². The van der Waals surface area contributed by atoms with Crippen LogP contribution in [0.1, 0.15) is 43.4 Å². The molecule has 0 unspecified atom stereocenters. The van der Waals surface area contributed by atoms with Crippen molar-refractivity contribution in [3.05, 3.63) is 65.9 Å². The van der Waals surface area contributed by atoms with Crippen molar-refractivity contribution in [3.63, 3.8) is 0 Å². The molecule has 7 nitrogen and oxygen atoms in total. The van der Waals surface area contributed by atoms with E-state index in [0.717, 1.165) is 24.0 Å². The average molecular weight is 440 g/mol. The highest BCUT2D eigenvalue weighted by Gasteiger charge is 2.29. The smallest absolute Gasteiger partial charge is 0.243 e. The molecule has 4 rings (SSSR count). The summed E-state index contributed by atoms with van der Waals surface area (Å²) < 4.78 is 26.8. The molecule has 2 amide bonds. The second-order valence-corrected chi connectivity index (χ2v) is 9.71. The number of hydrogen-bond acceptors (Lipinski definition) is 4. The van der Waals surface area contributed by atoms with Gasteiger partial charge in [-0.1, -0.05) is 24.3 Å². The molecule has 1 fully saturated rings. The fraction of sp³-hybridized carbons (Fsp3) is 0.304. The highest BCUT2D eigenvalue weighted by Crippen LogP contribution is 2.33. The van der Waals surface area contributed by atoms with E-state index in [4.69, 9.17) is 0 Å². The summed E-state index contributed by atoms with van der Waals surface area (Å²) in [5, 5.41) is 2.82. The maximum absolute atomic E-state index is 12.7. The fourth-order valence-electron chi connectivity index (χ4n) is 4.09. The number of nitrogens with one attached hydrogen (secondary N) is 1. The summed E-state index contributed by atoms with van der Waals surface area (Å²) in [6.45, 7) is 2.57. The molecule has 2 aromatic rings. The zero-order valence-corrected chi connectivity index (χ0v) is 18.1. The molecule has 0 radical (unpaired) electrons. The molecule has 1 atom stereocenters. The van der Waals surface area contributed by atoms with Crippen LogP contribution in [-0.4, -0.2) is 42.5 Å². The number of sulfonamides is 1. The topological polar surface area (TPSA) is 86.8 Å². The summed E-state index contributed by atoms with van der Waals surface area (Å²) in [4.78, 5) is 26.6. The summed E-state index contributed by atoms with van der Waals surface area (Å²) in [6, 6.07) is 13.5. The van der Waals surface area contributed by atoms with Crippen molar-refractivity contribution in [1.82, 2.24) is 9.21 Å². The van der Waals surface area contributed by atoms with Gasteiger partial charge in [0.2, 0.25) is 21.8 Å². The van der Waals surface area contributed by atoms with Crippen molar-refractivity contribution in [2.24, 2.45) is 0 Å². The average Bonchev–Trinajstić information content (AvgIpc) is 3.30. The van der Waals surface area contributed by atoms with Gasteiger partial charge in [0.25, 0.3) is 0 Å². The first-order valence-electron chi connectivity index (χ1n) is 10.3. The number of carbonyl (C=O) groups is 2. The summed E-state index contributed by atoms with van der Waals surface area (Å²) in [5.41, 5.74) is 2.41. The summed E-state index contributed by atoms with van der Waals surface area (Å²) >= 11 is 0. The van der Waals surface area contributed by atoms with Crippen LogP contribution in [0.15, 0.2) is 59.6 Å². The van der Waals surface area contributed by atoms with Crippen LogP contribution in [0.5, 0.6) is 0 Å². The Bertz CT molecular complexity index is 1120. The first kappa shape index (κ1) is 21.3. The second-order valence-electron chi connectivity index (χ2n) is 7.77. The standard InChI is InChI=1S/C23H25N3O4S/c1-17(27)26-15-12-18-6-2-3-7-21(18)22(26)16-23(28)24-19-8-10-20(11-9-19)31(29,30)25-13-4-5-14-25/h2-3,6-12,15,22H,4-5,13-14,16H2,1H3,(H,24,28)/t22-/m1/s1. The Kier molecular flexibility index (Phi) is 5.93. The van der Waals surface area contributed by atoms with Crippen LogP contribution in [0, 0.1) is 0 Å². The van der Waals surface area contributed by atoms with Crippen molar-refractivity contribution in [1.29, 1.82) is 0 Å². The third-order valence-electron chi connectivity index (χ3n) is 5.69. The van der Waals surface area contributed by atoms with Gasteiger partial charge in [-0.15, -0.1) is 0 Å². The zero-order chi connectivity index (χ0) is 22.0. The number of nitrogens with zero attached hydrogens (tertiary/aromatic N) is 2. The largest absolute Gasteiger partial charge is 0.326 e. The van der Waals surface area contributed by atoms with Gasteiger partial charge in [-0.3, -0.25) is 9.59 Å². The zero-order valence-electron chi connectivity index (χ0n) is 17.3. The van der Waals surface area contributed by atoms with Crippen LogP contribution < -0.4 is 5.32 Å². The van der Waals surface area contributed by atoms with Crippen molar-refractivity contribution < 1.29 is 18.0 Å². The molecule has 0 aromatic heterocycles. The maximum atomic E-state index is 12.7. The van der Waals surface area contributed by atoms with Crippen molar-refractivity contribution in [2.75, 3.05) is 18.4 Å². The SMILES string of the molecule is CC(=O)N1C=Cc2ccccc2[C@H]1CC(=O)Nc1ccc(S(=O)(=O)N2CCCC2)cc1. The summed E-state index contributed by atoms with van der Waals surface area (Å²) in [5.74, 6) is -0.392. The molecule has 1 N–H and O–H groups in total. The lowest BCUT2D eigenvalue weighted by molar-refractivity contribution is -0.129. The number of rotatable bonds is 5. The lowest BCUT2D eigenvalue weighted by atomic mass is 9.93. The Hall–Kier alpha value is -2.97. The number of carbonyl (C=O) groups excluding carboxylic acids is 2. The number of benzene rings is 2. The van der Waals surface area contributed by atoms with Gasteiger partial charge in [0.1, 0.15) is 0 Å². The molecular weight excluding hydrogens is 414 g/mol. The van der Waals surface area contributed by atoms with Gasteiger partial charge in [-0.2, -0.15) is 4.31 Å². The van der Waals surface area contributed by atoms with Gasteiger partial charge in [0.15, 0.2) is 0 Å². The molecule has 31 heavy (non-hydrogen) atoms. The Morgan fingerprint density at radius 3 is 2.39 bits per heavy atom. The predicted octanol–water partition coefficient (Wildman–Crippen LogP) is 3.37. The molecule has 2 aliphatic heterocycles. The molecular formula is C23H25N3O4S. The molecule has 2 aliphatic rings. The molecule has 0 aliphatic carbocycles. The van der Waals surface area contributed by atoms with Crippen LogP contribution in [0.4, 0.5) is 5.69 Å². The Morgan fingerprint density at radius 1 is 1.03 bits per heavy atom. The van der Waals surface area contributed by atoms with Crippen molar-refractivity contribution in [2.45, 2.75) is 37.1 Å². The minimum absolute atomic E-state index is 0.0920. The summed E-state index contributed by atoms with van der Waals surface area (Å²) in [6.07, 6.45) is 5.42. The molecule has 0 spiro atoms. The minimum Gasteiger partial charge on any atom is -0.326 e. The van der Waals surface area contributed by atoms with Gasteiger partial charge >= 0.3 is 0 Å². The van der Waals surface area contributed by atoms with Crippen LogP contribution in [0.25, 0.3) is 6.08 Å². The Morgan fingerprint density at radius 2 is 1.71 bits per heavy atom.